The van der Waals surface area contributed by atoms with Gasteiger partial charge in [-0.05, 0) is 61.1 Å². The fourth-order valence-electron chi connectivity index (χ4n) is 3.75. The highest BCUT2D eigenvalue weighted by Crippen LogP contribution is 2.38. The summed E-state index contributed by atoms with van der Waals surface area (Å²) in [6.07, 6.45) is 12.1. The van der Waals surface area contributed by atoms with Gasteiger partial charge in [-0.2, -0.15) is 0 Å². The number of unbranched alkanes of at least 4 members (excludes halogenated alkanes) is 2. The summed E-state index contributed by atoms with van der Waals surface area (Å²) >= 11 is 0. The van der Waals surface area contributed by atoms with Crippen molar-refractivity contribution in [2.75, 3.05) is 0 Å². The van der Waals surface area contributed by atoms with Gasteiger partial charge in [0, 0.05) is 6.08 Å². The third kappa shape index (κ3) is 5.53. The van der Waals surface area contributed by atoms with Crippen LogP contribution in [0.4, 0.5) is 0 Å². The van der Waals surface area contributed by atoms with E-state index in [0.717, 1.165) is 17.1 Å². The fraction of sp³-hybridized carbons (Fsp3) is 0.571. The molecule has 1 fully saturated rings. The van der Waals surface area contributed by atoms with Crippen LogP contribution in [0.25, 0.3) is 5.57 Å². The molecule has 0 saturated heterocycles. The Balaban J connectivity index is 1.88. The quantitative estimate of drug-likeness (QED) is 0.493. The molecule has 1 aromatic rings. The van der Waals surface area contributed by atoms with Crippen LogP contribution < -0.4 is 0 Å². The van der Waals surface area contributed by atoms with E-state index >= 15 is 0 Å². The van der Waals surface area contributed by atoms with Gasteiger partial charge in [-0.25, -0.2) is 4.79 Å². The van der Waals surface area contributed by atoms with Gasteiger partial charge in [-0.15, -0.1) is 0 Å². The minimum absolute atomic E-state index is 0.690. The normalized spacial score (nSPS) is 22.1. The first-order valence-electron chi connectivity index (χ1n) is 9.11. The van der Waals surface area contributed by atoms with Crippen LogP contribution in [0, 0.1) is 5.92 Å². The van der Waals surface area contributed by atoms with Crippen molar-refractivity contribution in [3.05, 3.63) is 41.5 Å². The summed E-state index contributed by atoms with van der Waals surface area (Å²) in [6.45, 7) is 4.12. The summed E-state index contributed by atoms with van der Waals surface area (Å²) in [5, 5.41) is 8.83. The van der Waals surface area contributed by atoms with Crippen molar-refractivity contribution in [2.24, 2.45) is 5.92 Å². The average molecular weight is 314 g/mol. The Kier molecular flexibility index (Phi) is 6.88. The van der Waals surface area contributed by atoms with Gasteiger partial charge in [0.2, 0.25) is 0 Å². The van der Waals surface area contributed by atoms with Crippen LogP contribution in [0.1, 0.15) is 82.3 Å². The van der Waals surface area contributed by atoms with Gasteiger partial charge in [-0.3, -0.25) is 0 Å². The van der Waals surface area contributed by atoms with Crippen molar-refractivity contribution >= 4 is 11.5 Å². The number of aliphatic carboxylic acids is 1. The number of allylic oxidation sites excluding steroid dienone is 1. The molecule has 0 radical (unpaired) electrons. The lowest BCUT2D eigenvalue weighted by Gasteiger charge is -2.29. The van der Waals surface area contributed by atoms with Crippen molar-refractivity contribution < 1.29 is 9.90 Å². The molecule has 0 heterocycles. The molecular formula is C21H30O2. The number of rotatable bonds is 7. The van der Waals surface area contributed by atoms with Gasteiger partial charge in [0.15, 0.2) is 0 Å². The second-order valence-electron chi connectivity index (χ2n) is 7.00. The Labute approximate surface area is 140 Å². The molecule has 0 aliphatic heterocycles. The van der Waals surface area contributed by atoms with Crippen molar-refractivity contribution in [3.63, 3.8) is 0 Å². The molecule has 0 bridgehead atoms. The van der Waals surface area contributed by atoms with Crippen LogP contribution >= 0.6 is 0 Å². The second kappa shape index (κ2) is 8.90. The van der Waals surface area contributed by atoms with E-state index < -0.39 is 5.97 Å². The van der Waals surface area contributed by atoms with E-state index in [1.165, 1.54) is 63.0 Å². The van der Waals surface area contributed by atoms with Crippen LogP contribution in [-0.4, -0.2) is 11.1 Å². The Morgan fingerprint density at radius 3 is 2.35 bits per heavy atom. The molecule has 0 atom stereocenters. The zero-order chi connectivity index (χ0) is 16.7. The minimum atomic E-state index is -0.882. The summed E-state index contributed by atoms with van der Waals surface area (Å²) < 4.78 is 0. The molecule has 0 unspecified atom stereocenters. The average Bonchev–Trinajstić information content (AvgIpc) is 2.55. The third-order valence-electron chi connectivity index (χ3n) is 5.24. The SMILES string of the molecule is CCCCC[C@H]1CC[C@H](c2ccc(/C(C)=C/C(=O)O)cc2)CC1. The molecule has 1 N–H and O–H groups in total. The second-order valence-corrected chi connectivity index (χ2v) is 7.00. The molecule has 1 aliphatic carbocycles. The van der Waals surface area contributed by atoms with Gasteiger partial charge in [0.25, 0.3) is 0 Å². The standard InChI is InChI=1S/C21H30O2/c1-3-4-5-6-17-7-9-19(10-8-17)20-13-11-18(12-14-20)16(2)15-21(22)23/h11-15,17,19H,3-10H2,1-2H3,(H,22,23)/b16-15+/t17-,19-. The van der Waals surface area contributed by atoms with E-state index in [1.54, 1.807) is 0 Å². The Hall–Kier alpha value is -1.57. The highest BCUT2D eigenvalue weighted by Gasteiger charge is 2.21. The first kappa shape index (κ1) is 17.8. The molecule has 23 heavy (non-hydrogen) atoms. The molecule has 2 heteroatoms. The zero-order valence-corrected chi connectivity index (χ0v) is 14.6. The maximum atomic E-state index is 10.7. The Morgan fingerprint density at radius 2 is 1.78 bits per heavy atom. The highest BCUT2D eigenvalue weighted by atomic mass is 16.4. The van der Waals surface area contributed by atoms with Crippen LogP contribution in [0.15, 0.2) is 30.3 Å². The fourth-order valence-corrected chi connectivity index (χ4v) is 3.75. The molecule has 2 nitrogen and oxygen atoms in total. The number of carboxylic acid groups (broad SMARTS) is 1. The van der Waals surface area contributed by atoms with Gasteiger partial charge >= 0.3 is 5.97 Å². The zero-order valence-electron chi connectivity index (χ0n) is 14.6. The molecular weight excluding hydrogens is 284 g/mol. The van der Waals surface area contributed by atoms with E-state index in [2.05, 4.69) is 31.2 Å². The summed E-state index contributed by atoms with van der Waals surface area (Å²) in [6, 6.07) is 8.52. The highest BCUT2D eigenvalue weighted by molar-refractivity contribution is 5.89. The van der Waals surface area contributed by atoms with Crippen molar-refractivity contribution in [1.29, 1.82) is 0 Å². The molecule has 0 amide bonds. The summed E-state index contributed by atoms with van der Waals surface area (Å²) in [5.41, 5.74) is 3.23. The van der Waals surface area contributed by atoms with Gasteiger partial charge < -0.3 is 5.11 Å². The predicted molar refractivity (Wildman–Crippen MR) is 96.6 cm³/mol. The summed E-state index contributed by atoms with van der Waals surface area (Å²) in [7, 11) is 0. The first-order chi connectivity index (χ1) is 11.1. The van der Waals surface area contributed by atoms with Gasteiger partial charge in [0.1, 0.15) is 0 Å². The molecule has 1 saturated carbocycles. The molecule has 126 valence electrons. The number of benzene rings is 1. The van der Waals surface area contributed by atoms with E-state index in [9.17, 15) is 4.79 Å². The van der Waals surface area contributed by atoms with Crippen molar-refractivity contribution in [3.8, 4) is 0 Å². The largest absolute Gasteiger partial charge is 0.478 e. The predicted octanol–water partition coefficient (Wildman–Crippen LogP) is 6.03. The molecule has 0 aromatic heterocycles. The Bertz CT molecular complexity index is 519. The van der Waals surface area contributed by atoms with Crippen LogP contribution in [0.2, 0.25) is 0 Å². The topological polar surface area (TPSA) is 37.3 Å². The number of hydrogen-bond donors (Lipinski definition) is 1. The maximum Gasteiger partial charge on any atom is 0.328 e. The van der Waals surface area contributed by atoms with E-state index in [4.69, 9.17) is 5.11 Å². The maximum absolute atomic E-state index is 10.7. The number of hydrogen-bond acceptors (Lipinski definition) is 1. The molecule has 1 aliphatic rings. The number of carboxylic acids is 1. The van der Waals surface area contributed by atoms with E-state index in [-0.39, 0.29) is 0 Å². The van der Waals surface area contributed by atoms with Crippen LogP contribution in [0.5, 0.6) is 0 Å². The smallest absolute Gasteiger partial charge is 0.328 e. The molecule has 1 aromatic carbocycles. The monoisotopic (exact) mass is 314 g/mol. The van der Waals surface area contributed by atoms with E-state index in [0.29, 0.717) is 5.92 Å². The van der Waals surface area contributed by atoms with Crippen LogP contribution in [-0.2, 0) is 4.79 Å². The molecule has 0 spiro atoms. The lowest BCUT2D eigenvalue weighted by Crippen LogP contribution is -2.13. The van der Waals surface area contributed by atoms with Crippen molar-refractivity contribution in [2.45, 2.75) is 71.1 Å². The van der Waals surface area contributed by atoms with Gasteiger partial charge in [-0.1, -0.05) is 56.9 Å². The molecule has 2 rings (SSSR count). The number of carbonyl (C=O) groups is 1. The summed E-state index contributed by atoms with van der Waals surface area (Å²) in [4.78, 5) is 10.7. The minimum Gasteiger partial charge on any atom is -0.478 e. The lowest BCUT2D eigenvalue weighted by atomic mass is 9.77. The van der Waals surface area contributed by atoms with Crippen LogP contribution in [0.3, 0.4) is 0 Å². The first-order valence-corrected chi connectivity index (χ1v) is 9.11. The lowest BCUT2D eigenvalue weighted by molar-refractivity contribution is -0.131. The Morgan fingerprint density at radius 1 is 1.13 bits per heavy atom. The van der Waals surface area contributed by atoms with Crippen molar-refractivity contribution in [1.82, 2.24) is 0 Å². The van der Waals surface area contributed by atoms with E-state index in [1.807, 2.05) is 6.92 Å². The van der Waals surface area contributed by atoms with Gasteiger partial charge in [0.05, 0.1) is 0 Å². The summed E-state index contributed by atoms with van der Waals surface area (Å²) in [5.74, 6) is 0.751. The third-order valence-corrected chi connectivity index (χ3v) is 5.24.